The van der Waals surface area contributed by atoms with Crippen LogP contribution in [0.25, 0.3) is 0 Å². The zero-order chi connectivity index (χ0) is 15.9. The number of nitrogens with zero attached hydrogens (tertiary/aromatic N) is 3. The van der Waals surface area contributed by atoms with Crippen LogP contribution in [0.5, 0.6) is 0 Å². The Kier molecular flexibility index (Phi) is 3.49. The number of carbonyl (C=O) groups is 1. The van der Waals surface area contributed by atoms with Gasteiger partial charge in [0.15, 0.2) is 5.78 Å². The third kappa shape index (κ3) is 2.19. The average Bonchev–Trinajstić information content (AvgIpc) is 2.95. The normalized spacial score (nSPS) is 21.7. The van der Waals surface area contributed by atoms with Gasteiger partial charge < -0.3 is 10.5 Å². The Morgan fingerprint density at radius 3 is 2.91 bits per heavy atom. The lowest BCUT2D eigenvalue weighted by Crippen LogP contribution is -2.27. The fourth-order valence-corrected chi connectivity index (χ4v) is 2.97. The van der Waals surface area contributed by atoms with Crippen LogP contribution < -0.4 is 5.73 Å². The van der Waals surface area contributed by atoms with Gasteiger partial charge in [-0.3, -0.25) is 9.48 Å². The van der Waals surface area contributed by atoms with Gasteiger partial charge in [0.1, 0.15) is 17.4 Å². The summed E-state index contributed by atoms with van der Waals surface area (Å²) in [7, 11) is 0. The van der Waals surface area contributed by atoms with E-state index in [-0.39, 0.29) is 23.3 Å². The van der Waals surface area contributed by atoms with Crippen molar-refractivity contribution in [1.29, 1.82) is 5.26 Å². The number of ether oxygens (including phenoxy) is 1. The highest BCUT2D eigenvalue weighted by atomic mass is 16.5. The van der Waals surface area contributed by atoms with E-state index in [1.165, 1.54) is 0 Å². The number of hydrogen-bond donors (Lipinski definition) is 1. The predicted octanol–water partition coefficient (Wildman–Crippen LogP) is 2.28. The molecule has 0 fully saturated rings. The minimum atomic E-state index is -0.464. The quantitative estimate of drug-likeness (QED) is 0.904. The lowest BCUT2D eigenvalue weighted by molar-refractivity contribution is -0.116. The van der Waals surface area contributed by atoms with Crippen molar-refractivity contribution < 1.29 is 9.53 Å². The van der Waals surface area contributed by atoms with Crippen LogP contribution in [0.15, 0.2) is 35.2 Å². The molecule has 2 heterocycles. The zero-order valence-corrected chi connectivity index (χ0v) is 12.7. The van der Waals surface area contributed by atoms with Crippen LogP contribution in [0, 0.1) is 11.3 Å². The van der Waals surface area contributed by atoms with Gasteiger partial charge in [-0.05, 0) is 20.3 Å². The van der Waals surface area contributed by atoms with E-state index >= 15 is 0 Å². The molecule has 1 aliphatic carbocycles. The largest absolute Gasteiger partial charge is 0.444 e. The van der Waals surface area contributed by atoms with E-state index < -0.39 is 5.92 Å². The first-order valence-corrected chi connectivity index (χ1v) is 7.40. The monoisotopic (exact) mass is 298 g/mol. The number of ketones is 1. The molecule has 1 aromatic heterocycles. The topological polar surface area (TPSA) is 93.9 Å². The molecule has 0 radical (unpaired) electrons. The summed E-state index contributed by atoms with van der Waals surface area (Å²) in [6.07, 6.45) is 5.49. The van der Waals surface area contributed by atoms with Crippen LogP contribution in [0.2, 0.25) is 0 Å². The highest BCUT2D eigenvalue weighted by molar-refractivity contribution is 5.99. The van der Waals surface area contributed by atoms with Crippen LogP contribution in [0.4, 0.5) is 0 Å². The van der Waals surface area contributed by atoms with Crippen molar-refractivity contribution in [3.05, 3.63) is 40.7 Å². The van der Waals surface area contributed by atoms with E-state index in [9.17, 15) is 10.1 Å². The number of nitriles is 1. The van der Waals surface area contributed by atoms with Crippen molar-refractivity contribution in [2.24, 2.45) is 5.73 Å². The summed E-state index contributed by atoms with van der Waals surface area (Å²) in [4.78, 5) is 12.4. The van der Waals surface area contributed by atoms with E-state index in [2.05, 4.69) is 11.2 Å². The maximum atomic E-state index is 12.4. The Balaban J connectivity index is 2.13. The van der Waals surface area contributed by atoms with Gasteiger partial charge in [0.2, 0.25) is 5.88 Å². The molecule has 1 unspecified atom stereocenters. The SMILES string of the molecule is CC(C)n1cc(C2C(C#N)=C(N)OC3=C2C(=O)CCC3)cn1. The summed E-state index contributed by atoms with van der Waals surface area (Å²) in [6, 6.07) is 2.31. The number of nitrogens with two attached hydrogens (primary N) is 1. The fraction of sp³-hybridized carbons (Fsp3) is 0.438. The van der Waals surface area contributed by atoms with Crippen LogP contribution >= 0.6 is 0 Å². The summed E-state index contributed by atoms with van der Waals surface area (Å²) in [5, 5.41) is 13.8. The molecule has 1 atom stereocenters. The van der Waals surface area contributed by atoms with Crippen molar-refractivity contribution in [1.82, 2.24) is 9.78 Å². The van der Waals surface area contributed by atoms with Gasteiger partial charge in [0, 0.05) is 36.2 Å². The van der Waals surface area contributed by atoms with Crippen molar-refractivity contribution >= 4 is 5.78 Å². The van der Waals surface area contributed by atoms with E-state index in [1.54, 1.807) is 6.20 Å². The van der Waals surface area contributed by atoms with Gasteiger partial charge in [-0.2, -0.15) is 10.4 Å². The summed E-state index contributed by atoms with van der Waals surface area (Å²) in [5.41, 5.74) is 7.56. The molecule has 2 N–H and O–H groups in total. The van der Waals surface area contributed by atoms with Gasteiger partial charge in [-0.15, -0.1) is 0 Å². The summed E-state index contributed by atoms with van der Waals surface area (Å²) in [6.45, 7) is 4.04. The molecule has 0 aromatic carbocycles. The third-order valence-electron chi connectivity index (χ3n) is 4.09. The number of aromatic nitrogens is 2. The molecular formula is C16H18N4O2. The lowest BCUT2D eigenvalue weighted by atomic mass is 9.78. The second-order valence-electron chi connectivity index (χ2n) is 5.89. The number of hydrogen-bond acceptors (Lipinski definition) is 5. The smallest absolute Gasteiger partial charge is 0.205 e. The molecule has 0 spiro atoms. The molecule has 0 saturated heterocycles. The van der Waals surface area contributed by atoms with Gasteiger partial charge in [-0.25, -0.2) is 0 Å². The van der Waals surface area contributed by atoms with Crippen molar-refractivity contribution in [3.63, 3.8) is 0 Å². The highest BCUT2D eigenvalue weighted by Crippen LogP contribution is 2.43. The molecule has 2 aliphatic rings. The molecule has 0 saturated carbocycles. The van der Waals surface area contributed by atoms with Crippen LogP contribution in [0.1, 0.15) is 50.6 Å². The van der Waals surface area contributed by atoms with Gasteiger partial charge in [0.05, 0.1) is 12.1 Å². The average molecular weight is 298 g/mol. The molecule has 0 bridgehead atoms. The maximum absolute atomic E-state index is 12.4. The Morgan fingerprint density at radius 2 is 2.27 bits per heavy atom. The van der Waals surface area contributed by atoms with Crippen LogP contribution in [0.3, 0.4) is 0 Å². The zero-order valence-electron chi connectivity index (χ0n) is 12.7. The Hall–Kier alpha value is -2.55. The first-order chi connectivity index (χ1) is 10.5. The third-order valence-corrected chi connectivity index (χ3v) is 4.09. The van der Waals surface area contributed by atoms with E-state index in [0.717, 1.165) is 12.0 Å². The van der Waals surface area contributed by atoms with Crippen LogP contribution in [-0.2, 0) is 9.53 Å². The lowest BCUT2D eigenvalue weighted by Gasteiger charge is -2.30. The van der Waals surface area contributed by atoms with E-state index in [4.69, 9.17) is 10.5 Å². The molecule has 3 rings (SSSR count). The minimum Gasteiger partial charge on any atom is -0.444 e. The molecule has 114 valence electrons. The highest BCUT2D eigenvalue weighted by Gasteiger charge is 2.38. The Bertz CT molecular complexity index is 734. The number of Topliss-reactive ketones (excluding diaryl/α,β-unsaturated/α-hetero) is 1. The molecule has 1 aliphatic heterocycles. The summed E-state index contributed by atoms with van der Waals surface area (Å²) >= 11 is 0. The molecule has 1 aromatic rings. The molecule has 6 heteroatoms. The Morgan fingerprint density at radius 1 is 1.50 bits per heavy atom. The van der Waals surface area contributed by atoms with Gasteiger partial charge in [0.25, 0.3) is 0 Å². The van der Waals surface area contributed by atoms with Gasteiger partial charge >= 0.3 is 0 Å². The first-order valence-electron chi connectivity index (χ1n) is 7.40. The predicted molar refractivity (Wildman–Crippen MR) is 79.1 cm³/mol. The number of carbonyl (C=O) groups excluding carboxylic acids is 1. The fourth-order valence-electron chi connectivity index (χ4n) is 2.97. The molecular weight excluding hydrogens is 280 g/mol. The van der Waals surface area contributed by atoms with Crippen molar-refractivity contribution in [2.45, 2.75) is 45.1 Å². The van der Waals surface area contributed by atoms with Crippen LogP contribution in [-0.4, -0.2) is 15.6 Å². The second kappa shape index (κ2) is 5.34. The van der Waals surface area contributed by atoms with E-state index in [0.29, 0.717) is 24.2 Å². The standard InChI is InChI=1S/C16H18N4O2/c1-9(2)20-8-10(7-19-20)14-11(6-17)16(18)22-13-5-3-4-12(21)15(13)14/h7-9,14H,3-5,18H2,1-2H3. The number of rotatable bonds is 2. The summed E-state index contributed by atoms with van der Waals surface area (Å²) in [5.74, 6) is 0.270. The number of allylic oxidation sites excluding steroid dienone is 3. The van der Waals surface area contributed by atoms with Gasteiger partial charge in [-0.1, -0.05) is 0 Å². The second-order valence-corrected chi connectivity index (χ2v) is 5.89. The minimum absolute atomic E-state index is 0.0313. The first kappa shape index (κ1) is 14.4. The maximum Gasteiger partial charge on any atom is 0.205 e. The molecule has 0 amide bonds. The van der Waals surface area contributed by atoms with Crippen molar-refractivity contribution in [3.8, 4) is 6.07 Å². The molecule has 6 nitrogen and oxygen atoms in total. The molecule has 22 heavy (non-hydrogen) atoms. The van der Waals surface area contributed by atoms with Crippen molar-refractivity contribution in [2.75, 3.05) is 0 Å². The summed E-state index contributed by atoms with van der Waals surface area (Å²) < 4.78 is 7.35. The Labute approximate surface area is 128 Å². The van der Waals surface area contributed by atoms with E-state index in [1.807, 2.05) is 24.7 Å².